The van der Waals surface area contributed by atoms with Crippen LogP contribution in [0.5, 0.6) is 0 Å². The maximum atomic E-state index is 14.9. The Morgan fingerprint density at radius 2 is 2.00 bits per heavy atom. The number of nitrogens with one attached hydrogen (secondary N) is 1. The Labute approximate surface area is 217 Å². The van der Waals surface area contributed by atoms with Crippen LogP contribution in [0.2, 0.25) is 0 Å². The summed E-state index contributed by atoms with van der Waals surface area (Å²) in [6.07, 6.45) is 9.69. The van der Waals surface area contributed by atoms with Crippen molar-refractivity contribution in [3.8, 4) is 17.3 Å². The van der Waals surface area contributed by atoms with Crippen LogP contribution in [0, 0.1) is 5.82 Å². The summed E-state index contributed by atoms with van der Waals surface area (Å²) in [6.45, 7) is 0. The third-order valence-corrected chi connectivity index (χ3v) is 7.92. The Kier molecular flexibility index (Phi) is 6.05. The van der Waals surface area contributed by atoms with Crippen molar-refractivity contribution in [2.75, 3.05) is 0 Å². The molecular weight excluding hydrogens is 547 g/mol. The zero-order valence-corrected chi connectivity index (χ0v) is 21.3. The summed E-state index contributed by atoms with van der Waals surface area (Å²) in [6, 6.07) is 8.43. The van der Waals surface area contributed by atoms with Crippen molar-refractivity contribution < 1.29 is 9.18 Å². The first-order chi connectivity index (χ1) is 17.6. The summed E-state index contributed by atoms with van der Waals surface area (Å²) in [5.41, 5.74) is 1.60. The number of hydrogen-bond donors (Lipinski definition) is 1. The highest BCUT2D eigenvalue weighted by Crippen LogP contribution is 2.36. The normalized spacial score (nSPS) is 17.9. The number of rotatable bonds is 5. The van der Waals surface area contributed by atoms with Crippen molar-refractivity contribution in [1.29, 1.82) is 0 Å². The van der Waals surface area contributed by atoms with E-state index in [1.165, 1.54) is 22.2 Å². The molecule has 1 aliphatic carbocycles. The van der Waals surface area contributed by atoms with E-state index in [9.17, 15) is 9.18 Å². The van der Waals surface area contributed by atoms with E-state index in [0.29, 0.717) is 28.5 Å². The minimum Gasteiger partial charge on any atom is -0.349 e. The molecule has 6 rings (SSSR count). The molecule has 0 aromatic carbocycles. The zero-order chi connectivity index (χ0) is 24.6. The maximum absolute atomic E-state index is 14.9. The van der Waals surface area contributed by atoms with Crippen LogP contribution in [0.25, 0.3) is 28.4 Å². The van der Waals surface area contributed by atoms with Crippen LogP contribution in [0.1, 0.15) is 41.4 Å². The standard InChI is InChI=1S/C24H20BrFN8OS/c25-20-7-6-19(36-20)24(35)31-14-3-1-4-15(11-14)33-18-12-21(34-29-9-10-30-34)28-13-17(18)32-23(33)22-16(26)5-2-8-27-22/h2,5-10,12-15H,1,3-4,11H2,(H,31,35)/t14-,15+/m0/s1. The lowest BCUT2D eigenvalue weighted by atomic mass is 9.90. The number of hydrogen-bond acceptors (Lipinski definition) is 7. The first-order valence-electron chi connectivity index (χ1n) is 11.5. The minimum atomic E-state index is -0.445. The molecule has 1 aliphatic rings. The summed E-state index contributed by atoms with van der Waals surface area (Å²) in [4.78, 5) is 28.4. The topological polar surface area (TPSA) is 103 Å². The molecule has 1 amide bonds. The fourth-order valence-corrected chi connectivity index (χ4v) is 6.03. The molecule has 5 aromatic heterocycles. The van der Waals surface area contributed by atoms with Crippen LogP contribution in [0.3, 0.4) is 0 Å². The maximum Gasteiger partial charge on any atom is 0.261 e. The molecule has 1 saturated carbocycles. The molecule has 2 atom stereocenters. The number of imidazole rings is 1. The van der Waals surface area contributed by atoms with Gasteiger partial charge in [-0.1, -0.05) is 0 Å². The highest BCUT2D eigenvalue weighted by Gasteiger charge is 2.30. The summed E-state index contributed by atoms with van der Waals surface area (Å²) in [5, 5.41) is 11.5. The largest absolute Gasteiger partial charge is 0.349 e. The Morgan fingerprint density at radius 1 is 1.14 bits per heavy atom. The second kappa shape index (κ2) is 9.51. The molecule has 12 heteroatoms. The third kappa shape index (κ3) is 4.30. The lowest BCUT2D eigenvalue weighted by Gasteiger charge is -2.32. The first kappa shape index (κ1) is 22.9. The summed E-state index contributed by atoms with van der Waals surface area (Å²) in [7, 11) is 0. The van der Waals surface area contributed by atoms with Crippen molar-refractivity contribution in [2.45, 2.75) is 37.8 Å². The Balaban J connectivity index is 1.40. The van der Waals surface area contributed by atoms with Gasteiger partial charge in [0.1, 0.15) is 11.2 Å². The average Bonchev–Trinajstić information content (AvgIpc) is 3.64. The van der Waals surface area contributed by atoms with Gasteiger partial charge in [-0.05, 0) is 65.9 Å². The van der Waals surface area contributed by atoms with E-state index < -0.39 is 5.82 Å². The van der Waals surface area contributed by atoms with E-state index in [-0.39, 0.29) is 23.7 Å². The number of nitrogens with zero attached hydrogens (tertiary/aromatic N) is 7. The van der Waals surface area contributed by atoms with Gasteiger partial charge in [0, 0.05) is 24.3 Å². The van der Waals surface area contributed by atoms with Gasteiger partial charge in [-0.15, -0.1) is 16.1 Å². The van der Waals surface area contributed by atoms with Gasteiger partial charge in [0.2, 0.25) is 0 Å². The monoisotopic (exact) mass is 566 g/mol. The average molecular weight is 567 g/mol. The van der Waals surface area contributed by atoms with Crippen LogP contribution in [0.4, 0.5) is 4.39 Å². The van der Waals surface area contributed by atoms with Crippen molar-refractivity contribution in [2.24, 2.45) is 0 Å². The van der Waals surface area contributed by atoms with E-state index in [4.69, 9.17) is 4.98 Å². The second-order valence-electron chi connectivity index (χ2n) is 8.58. The summed E-state index contributed by atoms with van der Waals surface area (Å²) < 4.78 is 17.8. The smallest absolute Gasteiger partial charge is 0.261 e. The number of pyridine rings is 2. The molecule has 1 N–H and O–H groups in total. The molecular formula is C24H20BrFN8OS. The van der Waals surface area contributed by atoms with E-state index >= 15 is 0 Å². The van der Waals surface area contributed by atoms with E-state index in [1.807, 2.05) is 22.8 Å². The second-order valence-corrected chi connectivity index (χ2v) is 11.0. The number of aromatic nitrogens is 7. The lowest BCUT2D eigenvalue weighted by Crippen LogP contribution is -2.38. The van der Waals surface area contributed by atoms with E-state index in [2.05, 4.69) is 41.4 Å². The molecule has 182 valence electrons. The van der Waals surface area contributed by atoms with Gasteiger partial charge in [-0.25, -0.2) is 19.3 Å². The Hall–Kier alpha value is -3.51. The van der Waals surface area contributed by atoms with Gasteiger partial charge < -0.3 is 9.88 Å². The highest BCUT2D eigenvalue weighted by molar-refractivity contribution is 9.11. The summed E-state index contributed by atoms with van der Waals surface area (Å²) >= 11 is 4.82. The quantitative estimate of drug-likeness (QED) is 0.323. The van der Waals surface area contributed by atoms with Gasteiger partial charge in [0.05, 0.1) is 32.8 Å². The molecule has 0 unspecified atom stereocenters. The number of carbonyl (C=O) groups excluding carboxylic acids is 1. The van der Waals surface area contributed by atoms with E-state index in [1.54, 1.807) is 30.9 Å². The molecule has 0 spiro atoms. The lowest BCUT2D eigenvalue weighted by molar-refractivity contribution is 0.0925. The fourth-order valence-electron chi connectivity index (χ4n) is 4.74. The molecule has 5 heterocycles. The Bertz CT molecular complexity index is 1550. The van der Waals surface area contributed by atoms with Gasteiger partial charge in [0.15, 0.2) is 17.5 Å². The predicted molar refractivity (Wildman–Crippen MR) is 136 cm³/mol. The first-order valence-corrected chi connectivity index (χ1v) is 13.1. The number of amides is 1. The molecule has 0 aliphatic heterocycles. The van der Waals surface area contributed by atoms with Crippen molar-refractivity contribution in [1.82, 2.24) is 39.8 Å². The zero-order valence-electron chi connectivity index (χ0n) is 18.9. The van der Waals surface area contributed by atoms with Crippen molar-refractivity contribution in [3.05, 3.63) is 69.6 Å². The molecule has 0 saturated heterocycles. The highest BCUT2D eigenvalue weighted by atomic mass is 79.9. The van der Waals surface area contributed by atoms with Gasteiger partial charge in [-0.3, -0.25) is 4.79 Å². The molecule has 0 bridgehead atoms. The van der Waals surface area contributed by atoms with Gasteiger partial charge in [-0.2, -0.15) is 10.2 Å². The summed E-state index contributed by atoms with van der Waals surface area (Å²) in [5.74, 6) is 0.444. The molecule has 9 nitrogen and oxygen atoms in total. The van der Waals surface area contributed by atoms with Crippen LogP contribution in [-0.2, 0) is 0 Å². The minimum absolute atomic E-state index is 0.0231. The van der Waals surface area contributed by atoms with Crippen LogP contribution >= 0.6 is 27.3 Å². The predicted octanol–water partition coefficient (Wildman–Crippen LogP) is 4.95. The van der Waals surface area contributed by atoms with Crippen LogP contribution < -0.4 is 5.32 Å². The van der Waals surface area contributed by atoms with Crippen molar-refractivity contribution >= 4 is 44.2 Å². The third-order valence-electron chi connectivity index (χ3n) is 6.30. The van der Waals surface area contributed by atoms with Gasteiger partial charge >= 0.3 is 0 Å². The Morgan fingerprint density at radius 3 is 2.78 bits per heavy atom. The number of fused-ring (bicyclic) bond motifs is 1. The van der Waals surface area contributed by atoms with Crippen molar-refractivity contribution in [3.63, 3.8) is 0 Å². The molecule has 0 radical (unpaired) electrons. The number of thiophene rings is 1. The molecule has 36 heavy (non-hydrogen) atoms. The molecule has 1 fully saturated rings. The van der Waals surface area contributed by atoms with Crippen LogP contribution in [-0.4, -0.2) is 46.5 Å². The molecule has 5 aromatic rings. The SMILES string of the molecule is O=C(N[C@H]1CCC[C@@H](n2c(-c3ncccc3F)nc3cnc(-n4nccn4)cc32)C1)c1ccc(Br)s1. The fraction of sp³-hybridized carbons (Fsp3) is 0.250. The number of halogens is 2. The van der Waals surface area contributed by atoms with Crippen LogP contribution in [0.15, 0.2) is 58.9 Å². The van der Waals surface area contributed by atoms with E-state index in [0.717, 1.165) is 28.6 Å². The number of carbonyl (C=O) groups is 1. The van der Waals surface area contributed by atoms with Gasteiger partial charge in [0.25, 0.3) is 5.91 Å².